The normalized spacial score (nSPS) is 10.6. The number of nitrogens with zero attached hydrogens (tertiary/aromatic N) is 1. The van der Waals surface area contributed by atoms with Crippen molar-refractivity contribution < 1.29 is 9.84 Å². The van der Waals surface area contributed by atoms with Crippen LogP contribution in [-0.4, -0.2) is 23.3 Å². The maximum atomic E-state index is 8.61. The van der Waals surface area contributed by atoms with Gasteiger partial charge < -0.3 is 15.6 Å². The van der Waals surface area contributed by atoms with Crippen molar-refractivity contribution >= 4 is 27.2 Å². The molecule has 0 saturated heterocycles. The second kappa shape index (κ2) is 3.81. The van der Waals surface area contributed by atoms with Crippen molar-refractivity contribution in [2.24, 2.45) is 0 Å². The van der Waals surface area contributed by atoms with Gasteiger partial charge in [-0.15, -0.1) is 11.3 Å². The molecule has 2 aromatic rings. The Kier molecular flexibility index (Phi) is 2.51. The number of aliphatic hydroxyl groups excluding tert-OH is 1. The zero-order valence-electron chi connectivity index (χ0n) is 7.43. The molecule has 0 spiro atoms. The molecule has 0 amide bonds. The van der Waals surface area contributed by atoms with Gasteiger partial charge in [-0.1, -0.05) is 0 Å². The van der Waals surface area contributed by atoms with Gasteiger partial charge in [0.1, 0.15) is 23.6 Å². The maximum Gasteiger partial charge on any atom is 0.144 e. The van der Waals surface area contributed by atoms with Crippen LogP contribution >= 0.6 is 11.3 Å². The lowest BCUT2D eigenvalue weighted by molar-refractivity contribution is 0.202. The molecule has 74 valence electrons. The Balaban J connectivity index is 2.40. The van der Waals surface area contributed by atoms with Crippen molar-refractivity contribution in [3.05, 3.63) is 17.6 Å². The fourth-order valence-electron chi connectivity index (χ4n) is 1.22. The maximum absolute atomic E-state index is 8.61. The minimum absolute atomic E-state index is 0.0193. The molecule has 0 aliphatic carbocycles. The third kappa shape index (κ3) is 1.51. The second-order valence-corrected chi connectivity index (χ2v) is 3.63. The molecule has 0 atom stereocenters. The van der Waals surface area contributed by atoms with Crippen molar-refractivity contribution in [1.29, 1.82) is 0 Å². The smallest absolute Gasteiger partial charge is 0.144 e. The first-order chi connectivity index (χ1) is 6.83. The average molecular weight is 210 g/mol. The monoisotopic (exact) mass is 210 g/mol. The Morgan fingerprint density at radius 2 is 2.36 bits per heavy atom. The molecule has 0 radical (unpaired) electrons. The van der Waals surface area contributed by atoms with E-state index in [9.17, 15) is 0 Å². The summed E-state index contributed by atoms with van der Waals surface area (Å²) in [5, 5.41) is 8.61. The number of nitrogens with two attached hydrogens (primary N) is 1. The van der Waals surface area contributed by atoms with Crippen molar-refractivity contribution in [3.63, 3.8) is 0 Å². The molecule has 0 bridgehead atoms. The molecule has 14 heavy (non-hydrogen) atoms. The Morgan fingerprint density at radius 1 is 1.50 bits per heavy atom. The number of hydrogen-bond acceptors (Lipinski definition) is 5. The van der Waals surface area contributed by atoms with E-state index in [-0.39, 0.29) is 13.2 Å². The van der Waals surface area contributed by atoms with E-state index in [1.807, 2.05) is 6.07 Å². The third-order valence-electron chi connectivity index (χ3n) is 1.85. The fraction of sp³-hybridized carbons (Fsp3) is 0.222. The van der Waals surface area contributed by atoms with Gasteiger partial charge in [-0.3, -0.25) is 0 Å². The van der Waals surface area contributed by atoms with Gasteiger partial charge in [0.15, 0.2) is 0 Å². The third-order valence-corrected chi connectivity index (χ3v) is 2.64. The van der Waals surface area contributed by atoms with Crippen molar-refractivity contribution in [1.82, 2.24) is 4.98 Å². The van der Waals surface area contributed by atoms with Crippen LogP contribution in [0.1, 0.15) is 0 Å². The number of nitrogen functional groups attached to an aromatic ring is 1. The lowest BCUT2D eigenvalue weighted by Gasteiger charge is -2.06. The minimum atomic E-state index is -0.0193. The van der Waals surface area contributed by atoms with Crippen LogP contribution in [-0.2, 0) is 0 Å². The van der Waals surface area contributed by atoms with E-state index >= 15 is 0 Å². The Morgan fingerprint density at radius 3 is 3.14 bits per heavy atom. The highest BCUT2D eigenvalue weighted by Crippen LogP contribution is 2.31. The molecular weight excluding hydrogens is 200 g/mol. The molecule has 1 aromatic carbocycles. The van der Waals surface area contributed by atoms with Crippen LogP contribution in [0.5, 0.6) is 5.75 Å². The van der Waals surface area contributed by atoms with Gasteiger partial charge in [0, 0.05) is 0 Å². The molecule has 2 rings (SSSR count). The number of ether oxygens (including phenoxy) is 1. The molecule has 0 unspecified atom stereocenters. The summed E-state index contributed by atoms with van der Waals surface area (Å²) in [7, 11) is 0. The van der Waals surface area contributed by atoms with Gasteiger partial charge in [0.2, 0.25) is 0 Å². The van der Waals surface area contributed by atoms with Gasteiger partial charge in [0.25, 0.3) is 0 Å². The molecule has 1 heterocycles. The van der Waals surface area contributed by atoms with E-state index in [2.05, 4.69) is 4.98 Å². The van der Waals surface area contributed by atoms with Crippen LogP contribution in [0.3, 0.4) is 0 Å². The van der Waals surface area contributed by atoms with Crippen LogP contribution in [0.15, 0.2) is 17.6 Å². The van der Waals surface area contributed by atoms with Gasteiger partial charge in [0.05, 0.1) is 16.8 Å². The van der Waals surface area contributed by atoms with Gasteiger partial charge in [-0.05, 0) is 12.1 Å². The quantitative estimate of drug-likeness (QED) is 0.748. The zero-order valence-corrected chi connectivity index (χ0v) is 8.25. The van der Waals surface area contributed by atoms with Crippen molar-refractivity contribution in [2.75, 3.05) is 18.9 Å². The van der Waals surface area contributed by atoms with Gasteiger partial charge >= 0.3 is 0 Å². The van der Waals surface area contributed by atoms with Gasteiger partial charge in [-0.2, -0.15) is 0 Å². The number of fused-ring (bicyclic) bond motifs is 1. The number of aromatic nitrogens is 1. The van der Waals surface area contributed by atoms with Crippen molar-refractivity contribution in [3.8, 4) is 5.75 Å². The SMILES string of the molecule is Nc1c(OCCO)ccc2scnc12. The summed E-state index contributed by atoms with van der Waals surface area (Å²) in [5.74, 6) is 0.581. The summed E-state index contributed by atoms with van der Waals surface area (Å²) in [4.78, 5) is 4.14. The largest absolute Gasteiger partial charge is 0.489 e. The highest BCUT2D eigenvalue weighted by Gasteiger charge is 2.07. The van der Waals surface area contributed by atoms with Crippen LogP contribution in [0.4, 0.5) is 5.69 Å². The summed E-state index contributed by atoms with van der Waals surface area (Å²) in [6.07, 6.45) is 0. The zero-order chi connectivity index (χ0) is 9.97. The van der Waals surface area contributed by atoms with E-state index < -0.39 is 0 Å². The van der Waals surface area contributed by atoms with E-state index in [1.54, 1.807) is 11.6 Å². The molecule has 5 heteroatoms. The topological polar surface area (TPSA) is 68.4 Å². The first-order valence-corrected chi connectivity index (χ1v) is 5.06. The highest BCUT2D eigenvalue weighted by molar-refractivity contribution is 7.16. The minimum Gasteiger partial charge on any atom is -0.489 e. The molecule has 0 fully saturated rings. The number of thiazole rings is 1. The first kappa shape index (κ1) is 9.23. The predicted molar refractivity (Wildman–Crippen MR) is 56.6 cm³/mol. The number of anilines is 1. The lowest BCUT2D eigenvalue weighted by Crippen LogP contribution is -2.03. The fourth-order valence-corrected chi connectivity index (χ4v) is 1.91. The van der Waals surface area contributed by atoms with Gasteiger partial charge in [-0.25, -0.2) is 4.98 Å². The number of hydrogen-bond donors (Lipinski definition) is 2. The summed E-state index contributed by atoms with van der Waals surface area (Å²) >= 11 is 1.54. The lowest BCUT2D eigenvalue weighted by atomic mass is 10.2. The molecule has 0 saturated carbocycles. The Bertz CT molecular complexity index is 441. The molecule has 4 nitrogen and oxygen atoms in total. The van der Waals surface area contributed by atoms with E-state index in [0.717, 1.165) is 10.2 Å². The standard InChI is InChI=1S/C9H10N2O2S/c10-8-6(13-4-3-12)1-2-7-9(8)11-5-14-7/h1-2,5,12H,3-4,10H2. The van der Waals surface area contributed by atoms with E-state index in [0.29, 0.717) is 11.4 Å². The number of aliphatic hydroxyl groups is 1. The number of rotatable bonds is 3. The Labute approximate surface area is 85.0 Å². The molecule has 0 aliphatic rings. The van der Waals surface area contributed by atoms with Crippen LogP contribution in [0.2, 0.25) is 0 Å². The molecule has 3 N–H and O–H groups in total. The summed E-state index contributed by atoms with van der Waals surface area (Å²) in [5.41, 5.74) is 8.90. The average Bonchev–Trinajstić information content (AvgIpc) is 2.66. The summed E-state index contributed by atoms with van der Waals surface area (Å²) in [6.45, 7) is 0.231. The van der Waals surface area contributed by atoms with Crippen molar-refractivity contribution in [2.45, 2.75) is 0 Å². The van der Waals surface area contributed by atoms with E-state index in [1.165, 1.54) is 11.3 Å². The molecule has 1 aromatic heterocycles. The van der Waals surface area contributed by atoms with Crippen LogP contribution in [0.25, 0.3) is 10.2 Å². The second-order valence-electron chi connectivity index (χ2n) is 2.75. The predicted octanol–water partition coefficient (Wildman–Crippen LogP) is 1.25. The van der Waals surface area contributed by atoms with Crippen LogP contribution < -0.4 is 10.5 Å². The number of benzene rings is 1. The van der Waals surface area contributed by atoms with E-state index in [4.69, 9.17) is 15.6 Å². The highest BCUT2D eigenvalue weighted by atomic mass is 32.1. The Hall–Kier alpha value is -1.33. The van der Waals surface area contributed by atoms with Crippen LogP contribution in [0, 0.1) is 0 Å². The summed E-state index contributed by atoms with van der Waals surface area (Å²) in [6, 6.07) is 3.71. The molecular formula is C9H10N2O2S. The summed E-state index contributed by atoms with van der Waals surface area (Å²) < 4.78 is 6.29. The molecule has 0 aliphatic heterocycles. The first-order valence-electron chi connectivity index (χ1n) is 4.18.